The third-order valence-electron chi connectivity index (χ3n) is 9.71. The molecule has 0 saturated heterocycles. The minimum atomic E-state index is -0.0818. The molecule has 0 saturated carbocycles. The molecular weight excluding hydrogens is 571 g/mol. The van der Waals surface area contributed by atoms with Gasteiger partial charge in [-0.05, 0) is 67.1 Å². The summed E-state index contributed by atoms with van der Waals surface area (Å²) in [4.78, 5) is 15.0. The van der Waals surface area contributed by atoms with E-state index in [4.69, 9.17) is 15.0 Å². The molecule has 1 heterocycles. The molecule has 0 spiro atoms. The van der Waals surface area contributed by atoms with Crippen molar-refractivity contribution in [3.63, 3.8) is 0 Å². The van der Waals surface area contributed by atoms with E-state index in [1.807, 2.05) is 60.7 Å². The van der Waals surface area contributed by atoms with Crippen molar-refractivity contribution >= 4 is 21.5 Å². The Hall–Kier alpha value is -5.93. The summed E-state index contributed by atoms with van der Waals surface area (Å²) in [6.45, 7) is 4.71. The van der Waals surface area contributed by atoms with Gasteiger partial charge in [0.25, 0.3) is 0 Å². The SMILES string of the molecule is CC1(C)c2ccccc2-c2ccc3ccc(-c4ccc(-c5nc(-c6ccccc6)nc(-c6ccccc6)n5)c5ccccc45)cc3c21. The van der Waals surface area contributed by atoms with Crippen LogP contribution in [-0.4, -0.2) is 15.0 Å². The standard InChI is InChI=1S/C44H31N3/c1-44(2)39-20-12-11-19-35(39)36-24-23-28-21-22-31(27-38(28)40(36)44)32-25-26-37(34-18-10-9-17-33(32)34)43-46-41(29-13-5-3-6-14-29)45-42(47-43)30-15-7-4-8-16-30/h3-27H,1-2H3. The van der Waals surface area contributed by atoms with E-state index in [2.05, 4.69) is 105 Å². The first-order valence-corrected chi connectivity index (χ1v) is 16.1. The van der Waals surface area contributed by atoms with Crippen molar-refractivity contribution in [3.05, 3.63) is 163 Å². The Labute approximate surface area is 274 Å². The van der Waals surface area contributed by atoms with E-state index in [0.29, 0.717) is 17.5 Å². The Morgan fingerprint density at radius 2 is 0.915 bits per heavy atom. The zero-order chi connectivity index (χ0) is 31.5. The second kappa shape index (κ2) is 10.6. The Kier molecular flexibility index (Phi) is 6.16. The largest absolute Gasteiger partial charge is 0.208 e. The number of hydrogen-bond donors (Lipinski definition) is 0. The Bertz CT molecular complexity index is 2420. The van der Waals surface area contributed by atoms with Crippen molar-refractivity contribution in [3.8, 4) is 56.4 Å². The molecule has 0 fully saturated rings. The Balaban J connectivity index is 1.23. The molecule has 0 N–H and O–H groups in total. The maximum Gasteiger partial charge on any atom is 0.164 e. The Morgan fingerprint density at radius 3 is 1.62 bits per heavy atom. The molecule has 47 heavy (non-hydrogen) atoms. The van der Waals surface area contributed by atoms with E-state index in [9.17, 15) is 0 Å². The first kappa shape index (κ1) is 27.4. The molecule has 222 valence electrons. The highest BCUT2D eigenvalue weighted by atomic mass is 15.0. The average Bonchev–Trinajstić information content (AvgIpc) is 3.38. The minimum Gasteiger partial charge on any atom is -0.208 e. The van der Waals surface area contributed by atoms with Crippen LogP contribution in [0.3, 0.4) is 0 Å². The zero-order valence-electron chi connectivity index (χ0n) is 26.3. The van der Waals surface area contributed by atoms with Gasteiger partial charge in [0.2, 0.25) is 0 Å². The van der Waals surface area contributed by atoms with Crippen LogP contribution in [0, 0.1) is 0 Å². The van der Waals surface area contributed by atoms with Gasteiger partial charge in [-0.25, -0.2) is 15.0 Å². The smallest absolute Gasteiger partial charge is 0.164 e. The molecule has 1 aliphatic carbocycles. The maximum atomic E-state index is 5.05. The molecule has 3 heteroatoms. The summed E-state index contributed by atoms with van der Waals surface area (Å²) in [5, 5.41) is 4.86. The van der Waals surface area contributed by atoms with E-state index in [-0.39, 0.29) is 5.41 Å². The van der Waals surface area contributed by atoms with E-state index in [1.165, 1.54) is 49.5 Å². The quantitative estimate of drug-likeness (QED) is 0.201. The number of nitrogens with zero attached hydrogens (tertiary/aromatic N) is 3. The molecule has 0 atom stereocenters. The molecule has 8 aromatic rings. The fourth-order valence-corrected chi connectivity index (χ4v) is 7.46. The van der Waals surface area contributed by atoms with E-state index in [0.717, 1.165) is 22.1 Å². The van der Waals surface area contributed by atoms with E-state index >= 15 is 0 Å². The van der Waals surface area contributed by atoms with Gasteiger partial charge in [0, 0.05) is 22.1 Å². The van der Waals surface area contributed by atoms with Gasteiger partial charge in [-0.2, -0.15) is 0 Å². The van der Waals surface area contributed by atoms with Crippen LogP contribution in [-0.2, 0) is 5.41 Å². The van der Waals surface area contributed by atoms with Gasteiger partial charge in [-0.1, -0.05) is 153 Å². The minimum absolute atomic E-state index is 0.0818. The van der Waals surface area contributed by atoms with Gasteiger partial charge in [0.15, 0.2) is 17.5 Å². The maximum absolute atomic E-state index is 5.05. The predicted octanol–water partition coefficient (Wildman–Crippen LogP) is 11.2. The number of fused-ring (bicyclic) bond motifs is 6. The highest BCUT2D eigenvalue weighted by Gasteiger charge is 2.36. The third kappa shape index (κ3) is 4.39. The number of aromatic nitrogens is 3. The average molecular weight is 602 g/mol. The van der Waals surface area contributed by atoms with Crippen LogP contribution >= 0.6 is 0 Å². The number of rotatable bonds is 4. The predicted molar refractivity (Wildman–Crippen MR) is 194 cm³/mol. The monoisotopic (exact) mass is 601 g/mol. The van der Waals surface area contributed by atoms with Gasteiger partial charge in [-0.3, -0.25) is 0 Å². The third-order valence-corrected chi connectivity index (χ3v) is 9.71. The van der Waals surface area contributed by atoms with Gasteiger partial charge >= 0.3 is 0 Å². The fraction of sp³-hybridized carbons (Fsp3) is 0.0682. The number of benzene rings is 7. The van der Waals surface area contributed by atoms with Crippen molar-refractivity contribution in [2.75, 3.05) is 0 Å². The Morgan fingerprint density at radius 1 is 0.383 bits per heavy atom. The molecule has 9 rings (SSSR count). The van der Waals surface area contributed by atoms with Crippen LogP contribution in [0.4, 0.5) is 0 Å². The van der Waals surface area contributed by atoms with Crippen molar-refractivity contribution in [2.45, 2.75) is 19.3 Å². The van der Waals surface area contributed by atoms with Crippen LogP contribution in [0.15, 0.2) is 152 Å². The van der Waals surface area contributed by atoms with E-state index < -0.39 is 0 Å². The lowest BCUT2D eigenvalue weighted by Gasteiger charge is -2.23. The lowest BCUT2D eigenvalue weighted by Crippen LogP contribution is -2.15. The van der Waals surface area contributed by atoms with Crippen LogP contribution in [0.25, 0.3) is 78.0 Å². The first-order valence-electron chi connectivity index (χ1n) is 16.1. The van der Waals surface area contributed by atoms with Crippen LogP contribution in [0.1, 0.15) is 25.0 Å². The summed E-state index contributed by atoms with van der Waals surface area (Å²) in [6, 6.07) is 53.7. The molecule has 1 aromatic heterocycles. The van der Waals surface area contributed by atoms with Gasteiger partial charge in [-0.15, -0.1) is 0 Å². The summed E-state index contributed by atoms with van der Waals surface area (Å²) >= 11 is 0. The van der Waals surface area contributed by atoms with Gasteiger partial charge < -0.3 is 0 Å². The molecule has 1 aliphatic rings. The fourth-order valence-electron chi connectivity index (χ4n) is 7.46. The molecule has 0 aliphatic heterocycles. The molecule has 0 radical (unpaired) electrons. The summed E-state index contributed by atoms with van der Waals surface area (Å²) in [5.41, 5.74) is 10.7. The van der Waals surface area contributed by atoms with E-state index in [1.54, 1.807) is 0 Å². The lowest BCUT2D eigenvalue weighted by molar-refractivity contribution is 0.666. The molecule has 7 aromatic carbocycles. The van der Waals surface area contributed by atoms with Crippen LogP contribution < -0.4 is 0 Å². The van der Waals surface area contributed by atoms with Crippen molar-refractivity contribution in [2.24, 2.45) is 0 Å². The van der Waals surface area contributed by atoms with Crippen molar-refractivity contribution in [1.82, 2.24) is 15.0 Å². The second-order valence-electron chi connectivity index (χ2n) is 12.8. The highest BCUT2D eigenvalue weighted by Crippen LogP contribution is 2.51. The highest BCUT2D eigenvalue weighted by molar-refractivity contribution is 6.06. The second-order valence-corrected chi connectivity index (χ2v) is 12.8. The van der Waals surface area contributed by atoms with Gasteiger partial charge in [0.05, 0.1) is 0 Å². The van der Waals surface area contributed by atoms with Crippen LogP contribution in [0.5, 0.6) is 0 Å². The molecule has 3 nitrogen and oxygen atoms in total. The molecular formula is C44H31N3. The molecule has 0 bridgehead atoms. The van der Waals surface area contributed by atoms with Gasteiger partial charge in [0.1, 0.15) is 0 Å². The van der Waals surface area contributed by atoms with Crippen LogP contribution in [0.2, 0.25) is 0 Å². The van der Waals surface area contributed by atoms with Crippen molar-refractivity contribution < 1.29 is 0 Å². The molecule has 0 unspecified atom stereocenters. The normalized spacial score (nSPS) is 13.1. The van der Waals surface area contributed by atoms with Crippen molar-refractivity contribution in [1.29, 1.82) is 0 Å². The summed E-state index contributed by atoms with van der Waals surface area (Å²) in [6.07, 6.45) is 0. The summed E-state index contributed by atoms with van der Waals surface area (Å²) in [5.74, 6) is 1.99. The zero-order valence-corrected chi connectivity index (χ0v) is 26.3. The first-order chi connectivity index (χ1) is 23.1. The summed E-state index contributed by atoms with van der Waals surface area (Å²) < 4.78 is 0. The summed E-state index contributed by atoms with van der Waals surface area (Å²) in [7, 11) is 0. The molecule has 0 amide bonds. The topological polar surface area (TPSA) is 38.7 Å². The lowest BCUT2D eigenvalue weighted by atomic mass is 9.79. The number of hydrogen-bond acceptors (Lipinski definition) is 3.